The fraction of sp³-hybridized carbons (Fsp3) is 0.538. The number of amides is 3. The highest BCUT2D eigenvalue weighted by molar-refractivity contribution is 8.76. The highest BCUT2D eigenvalue weighted by Gasteiger charge is 2.33. The number of ether oxygens (including phenoxy) is 1. The maximum absolute atomic E-state index is 13.4. The molecule has 37 heavy (non-hydrogen) atoms. The number of esters is 1. The van der Waals surface area contributed by atoms with Crippen LogP contribution in [0.25, 0.3) is 0 Å². The van der Waals surface area contributed by atoms with Crippen molar-refractivity contribution in [3.63, 3.8) is 0 Å². The van der Waals surface area contributed by atoms with E-state index in [9.17, 15) is 24.3 Å². The molecule has 0 spiro atoms. The summed E-state index contributed by atoms with van der Waals surface area (Å²) in [5.41, 5.74) is 0.843. The summed E-state index contributed by atoms with van der Waals surface area (Å²) in [6.07, 6.45) is 1.86. The third kappa shape index (κ3) is 9.39. The highest BCUT2D eigenvalue weighted by atomic mass is 33.1. The van der Waals surface area contributed by atoms with Crippen LogP contribution in [0.1, 0.15) is 38.7 Å². The third-order valence-corrected chi connectivity index (χ3v) is 8.54. The maximum Gasteiger partial charge on any atom is 0.309 e. The van der Waals surface area contributed by atoms with Crippen molar-refractivity contribution in [2.75, 3.05) is 11.5 Å². The Morgan fingerprint density at radius 2 is 1.76 bits per heavy atom. The van der Waals surface area contributed by atoms with Gasteiger partial charge in [0, 0.05) is 17.9 Å². The first-order valence-corrected chi connectivity index (χ1v) is 14.9. The topological polar surface area (TPSA) is 134 Å². The van der Waals surface area contributed by atoms with Crippen LogP contribution in [0.4, 0.5) is 0 Å². The Balaban J connectivity index is 1.98. The zero-order valence-corrected chi connectivity index (χ0v) is 22.7. The third-order valence-electron chi connectivity index (χ3n) is 6.09. The SMILES string of the molecule is CC(C)[C@H]1NC(=O)[C@H]2CSSCC/C=C/C(CC(=O)N[C@H](Cc3ccccc3)C(=O)N2)OC(=O)C[C@@H]1O. The van der Waals surface area contributed by atoms with Crippen LogP contribution in [0.5, 0.6) is 0 Å². The van der Waals surface area contributed by atoms with Gasteiger partial charge in [-0.3, -0.25) is 19.2 Å². The maximum atomic E-state index is 13.4. The smallest absolute Gasteiger partial charge is 0.309 e. The number of carbonyl (C=O) groups excluding carboxylic acids is 4. The summed E-state index contributed by atoms with van der Waals surface area (Å²) in [5.74, 6) is -1.24. The molecule has 2 heterocycles. The average molecular weight is 550 g/mol. The van der Waals surface area contributed by atoms with Gasteiger partial charge in [0.25, 0.3) is 0 Å². The molecule has 1 fully saturated rings. The number of hydrogen-bond acceptors (Lipinski definition) is 8. The summed E-state index contributed by atoms with van der Waals surface area (Å²) in [5, 5.41) is 19.2. The van der Waals surface area contributed by atoms with Crippen molar-refractivity contribution in [2.24, 2.45) is 5.92 Å². The molecule has 1 saturated heterocycles. The van der Waals surface area contributed by atoms with Crippen molar-refractivity contribution in [1.29, 1.82) is 0 Å². The number of rotatable bonds is 3. The van der Waals surface area contributed by atoms with Gasteiger partial charge in [0.15, 0.2) is 0 Å². The van der Waals surface area contributed by atoms with Gasteiger partial charge < -0.3 is 25.8 Å². The van der Waals surface area contributed by atoms with Crippen molar-refractivity contribution >= 4 is 45.3 Å². The molecule has 0 radical (unpaired) electrons. The molecule has 1 aromatic carbocycles. The second kappa shape index (κ2) is 14.4. The minimum atomic E-state index is -1.20. The summed E-state index contributed by atoms with van der Waals surface area (Å²) in [7, 11) is 3.03. The number of aliphatic hydroxyl groups is 1. The van der Waals surface area contributed by atoms with E-state index < -0.39 is 54.0 Å². The van der Waals surface area contributed by atoms with Gasteiger partial charge in [0.05, 0.1) is 25.0 Å². The fourth-order valence-corrected chi connectivity index (χ4v) is 6.28. The van der Waals surface area contributed by atoms with Gasteiger partial charge >= 0.3 is 5.97 Å². The van der Waals surface area contributed by atoms with Gasteiger partial charge in [-0.15, -0.1) is 0 Å². The Hall–Kier alpha value is -2.50. The predicted octanol–water partition coefficient (Wildman–Crippen LogP) is 1.75. The molecule has 2 aliphatic rings. The van der Waals surface area contributed by atoms with E-state index in [1.165, 1.54) is 10.8 Å². The van der Waals surface area contributed by atoms with Crippen LogP contribution in [-0.2, 0) is 30.3 Å². The normalized spacial score (nSPS) is 29.6. The Bertz CT molecular complexity index is 974. The largest absolute Gasteiger partial charge is 0.457 e. The van der Waals surface area contributed by atoms with E-state index in [0.29, 0.717) is 12.2 Å². The van der Waals surface area contributed by atoms with E-state index in [1.807, 2.05) is 50.3 Å². The molecular weight excluding hydrogens is 514 g/mol. The number of hydrogen-bond donors (Lipinski definition) is 4. The van der Waals surface area contributed by atoms with Gasteiger partial charge in [-0.05, 0) is 24.0 Å². The van der Waals surface area contributed by atoms with Crippen LogP contribution in [-0.4, -0.2) is 70.6 Å². The van der Waals surface area contributed by atoms with Gasteiger partial charge in [0.2, 0.25) is 17.7 Å². The second-order valence-corrected chi connectivity index (χ2v) is 12.1. The lowest BCUT2D eigenvalue weighted by molar-refractivity contribution is -0.151. The van der Waals surface area contributed by atoms with Crippen molar-refractivity contribution in [3.05, 3.63) is 48.0 Å². The summed E-state index contributed by atoms with van der Waals surface area (Å²) in [4.78, 5) is 52.4. The molecule has 5 atom stereocenters. The van der Waals surface area contributed by atoms with E-state index in [-0.39, 0.29) is 25.2 Å². The van der Waals surface area contributed by atoms with Gasteiger partial charge in [0.1, 0.15) is 18.2 Å². The lowest BCUT2D eigenvalue weighted by Gasteiger charge is -2.29. The number of allylic oxidation sites excluding steroid dienone is 1. The van der Waals surface area contributed by atoms with E-state index >= 15 is 0 Å². The average Bonchev–Trinajstić information content (AvgIpc) is 2.84. The molecule has 202 valence electrons. The number of fused-ring (bicyclic) bond motifs is 7. The first-order chi connectivity index (χ1) is 17.7. The zero-order valence-electron chi connectivity index (χ0n) is 21.1. The minimum absolute atomic E-state index is 0.174. The van der Waals surface area contributed by atoms with E-state index in [0.717, 1.165) is 11.3 Å². The molecule has 4 N–H and O–H groups in total. The standard InChI is InChI=1S/C26H35N3O6S2/c1-16(2)24-21(30)14-23(32)35-18-10-6-7-11-36-37-15-20(26(34)29-24)28-25(33)19(27-22(31)13-18)12-17-8-4-3-5-9-17/h3-6,8-10,16,18-21,24,30H,7,11-15H2,1-2H3,(H,27,31)(H,28,33)(H,29,34)/b10-6+/t18?,19-,20-,21+,24-/m1/s1. The Kier molecular flexibility index (Phi) is 11.3. The van der Waals surface area contributed by atoms with Crippen molar-refractivity contribution in [1.82, 2.24) is 16.0 Å². The van der Waals surface area contributed by atoms with Crippen LogP contribution < -0.4 is 16.0 Å². The molecule has 0 aromatic heterocycles. The monoisotopic (exact) mass is 549 g/mol. The number of carbonyl (C=O) groups is 4. The first kappa shape index (κ1) is 29.1. The van der Waals surface area contributed by atoms with Crippen molar-refractivity contribution in [3.8, 4) is 0 Å². The molecule has 0 aliphatic carbocycles. The molecule has 11 heteroatoms. The summed E-state index contributed by atoms with van der Waals surface area (Å²) >= 11 is 0. The molecule has 1 unspecified atom stereocenters. The highest BCUT2D eigenvalue weighted by Crippen LogP contribution is 2.24. The van der Waals surface area contributed by atoms with Gasteiger partial charge in [-0.25, -0.2) is 0 Å². The lowest BCUT2D eigenvalue weighted by Crippen LogP contribution is -2.58. The van der Waals surface area contributed by atoms with E-state index in [1.54, 1.807) is 16.9 Å². The van der Waals surface area contributed by atoms with Crippen molar-refractivity contribution < 1.29 is 29.0 Å². The second-order valence-electron chi connectivity index (χ2n) is 9.48. The molecule has 9 nitrogen and oxygen atoms in total. The van der Waals surface area contributed by atoms with Crippen LogP contribution >= 0.6 is 21.6 Å². The molecule has 2 aliphatic heterocycles. The fourth-order valence-electron chi connectivity index (χ4n) is 4.13. The summed E-state index contributed by atoms with van der Waals surface area (Å²) in [6.45, 7) is 3.66. The van der Waals surface area contributed by atoms with Crippen LogP contribution in [0.15, 0.2) is 42.5 Å². The quantitative estimate of drug-likeness (QED) is 0.255. The number of aliphatic hydroxyl groups excluding tert-OH is 1. The zero-order chi connectivity index (χ0) is 26.8. The Morgan fingerprint density at radius 3 is 2.49 bits per heavy atom. The molecule has 1 aromatic rings. The Labute approximate surface area is 225 Å². The van der Waals surface area contributed by atoms with E-state index in [4.69, 9.17) is 4.74 Å². The molecule has 0 saturated carbocycles. The lowest BCUT2D eigenvalue weighted by atomic mass is 9.96. The molecule has 3 rings (SSSR count). The Morgan fingerprint density at radius 1 is 1.00 bits per heavy atom. The molecule has 3 amide bonds. The van der Waals surface area contributed by atoms with Crippen molar-refractivity contribution in [2.45, 2.75) is 69.9 Å². The van der Waals surface area contributed by atoms with Gasteiger partial charge in [-0.1, -0.05) is 71.8 Å². The van der Waals surface area contributed by atoms with E-state index in [2.05, 4.69) is 16.0 Å². The molecular formula is C26H35N3O6S2. The predicted molar refractivity (Wildman–Crippen MR) is 145 cm³/mol. The summed E-state index contributed by atoms with van der Waals surface area (Å²) < 4.78 is 5.55. The van der Waals surface area contributed by atoms with Crippen LogP contribution in [0.3, 0.4) is 0 Å². The van der Waals surface area contributed by atoms with Gasteiger partial charge in [-0.2, -0.15) is 0 Å². The minimum Gasteiger partial charge on any atom is -0.457 e. The first-order valence-electron chi connectivity index (χ1n) is 12.5. The number of benzene rings is 1. The van der Waals surface area contributed by atoms with Crippen LogP contribution in [0.2, 0.25) is 0 Å². The number of nitrogens with one attached hydrogen (secondary N) is 3. The molecule has 2 bridgehead atoms. The summed E-state index contributed by atoms with van der Waals surface area (Å²) in [6, 6.07) is 6.69. The van der Waals surface area contributed by atoms with Crippen LogP contribution in [0, 0.1) is 5.92 Å².